The molecule has 0 aliphatic carbocycles. The molecular formula is C22H25FN4O3S2. The zero-order valence-electron chi connectivity index (χ0n) is 17.4. The zero-order valence-corrected chi connectivity index (χ0v) is 19.0. The average molecular weight is 477 g/mol. The van der Waals surface area contributed by atoms with E-state index in [2.05, 4.69) is 14.6 Å². The molecule has 0 saturated carbocycles. The number of hydrogen-bond acceptors (Lipinski definition) is 6. The second kappa shape index (κ2) is 9.40. The number of nitrogens with zero attached hydrogens (tertiary/aromatic N) is 2. The summed E-state index contributed by atoms with van der Waals surface area (Å²) in [6, 6.07) is 13.2. The van der Waals surface area contributed by atoms with Crippen LogP contribution in [-0.4, -0.2) is 45.4 Å². The van der Waals surface area contributed by atoms with Crippen molar-refractivity contribution >= 4 is 32.7 Å². The van der Waals surface area contributed by atoms with Crippen molar-refractivity contribution in [2.75, 3.05) is 13.2 Å². The molecule has 2 unspecified atom stereocenters. The smallest absolute Gasteiger partial charge is 0.279 e. The minimum absolute atomic E-state index is 0.234. The van der Waals surface area contributed by atoms with Crippen LogP contribution >= 0.6 is 11.3 Å². The van der Waals surface area contributed by atoms with Crippen molar-refractivity contribution in [1.82, 2.24) is 14.6 Å². The molecule has 2 bridgehead atoms. The molecule has 5 rings (SSSR count). The fourth-order valence-corrected chi connectivity index (χ4v) is 6.13. The Morgan fingerprint density at radius 2 is 1.88 bits per heavy atom. The summed E-state index contributed by atoms with van der Waals surface area (Å²) in [5, 5.41) is 5.87. The first-order valence-electron chi connectivity index (χ1n) is 10.7. The molecule has 2 fully saturated rings. The van der Waals surface area contributed by atoms with Crippen molar-refractivity contribution in [2.45, 2.75) is 43.8 Å². The van der Waals surface area contributed by atoms with Crippen LogP contribution < -0.4 is 19.3 Å². The number of nitrogens with one attached hydrogen (secondary N) is 1. The van der Waals surface area contributed by atoms with Gasteiger partial charge in [-0.3, -0.25) is 4.90 Å². The van der Waals surface area contributed by atoms with E-state index in [0.717, 1.165) is 29.8 Å². The lowest BCUT2D eigenvalue weighted by Crippen LogP contribution is -2.51. The van der Waals surface area contributed by atoms with E-state index >= 15 is 0 Å². The molecule has 0 radical (unpaired) electrons. The Kier molecular flexibility index (Phi) is 6.38. The number of benzene rings is 2. The van der Waals surface area contributed by atoms with Gasteiger partial charge in [-0.2, -0.15) is 0 Å². The summed E-state index contributed by atoms with van der Waals surface area (Å²) in [5.41, 5.74) is 0.593. The van der Waals surface area contributed by atoms with Crippen molar-refractivity contribution in [3.05, 3.63) is 48.3 Å². The van der Waals surface area contributed by atoms with Crippen LogP contribution in [0, 0.1) is 5.82 Å². The maximum absolute atomic E-state index is 13.3. The second-order valence-electron chi connectivity index (χ2n) is 8.22. The second-order valence-corrected chi connectivity index (χ2v) is 10.0. The van der Waals surface area contributed by atoms with Gasteiger partial charge in [-0.1, -0.05) is 11.3 Å². The van der Waals surface area contributed by atoms with E-state index < -0.39 is 11.2 Å². The van der Waals surface area contributed by atoms with E-state index in [-0.39, 0.29) is 11.9 Å². The van der Waals surface area contributed by atoms with Gasteiger partial charge in [0.1, 0.15) is 23.9 Å². The molecule has 0 amide bonds. The molecule has 0 spiro atoms. The van der Waals surface area contributed by atoms with Crippen molar-refractivity contribution in [1.29, 1.82) is 0 Å². The molecule has 2 saturated heterocycles. The number of rotatable bonds is 8. The third kappa shape index (κ3) is 4.94. The number of nitrogens with two attached hydrogens (primary N) is 1. The Bertz CT molecular complexity index is 1100. The van der Waals surface area contributed by atoms with Gasteiger partial charge < -0.3 is 9.47 Å². The number of fused-ring (bicyclic) bond motifs is 3. The average Bonchev–Trinajstić information content (AvgIpc) is 3.25. The Morgan fingerprint density at radius 1 is 1.16 bits per heavy atom. The summed E-state index contributed by atoms with van der Waals surface area (Å²) in [6.45, 7) is 1.48. The maximum atomic E-state index is 13.3. The molecule has 170 valence electrons. The highest BCUT2D eigenvalue weighted by molar-refractivity contribution is 7.80. The van der Waals surface area contributed by atoms with Crippen LogP contribution in [0.15, 0.2) is 42.5 Å². The van der Waals surface area contributed by atoms with E-state index in [4.69, 9.17) is 14.6 Å². The molecule has 3 aromatic rings. The highest BCUT2D eigenvalue weighted by Gasteiger charge is 2.40. The molecule has 2 aliphatic rings. The first-order valence-corrected chi connectivity index (χ1v) is 12.7. The summed E-state index contributed by atoms with van der Waals surface area (Å²) in [5.74, 6) is 1.13. The van der Waals surface area contributed by atoms with E-state index in [9.17, 15) is 8.60 Å². The number of hydrogen-bond donors (Lipinski definition) is 2. The van der Waals surface area contributed by atoms with Gasteiger partial charge in [0.2, 0.25) is 0 Å². The summed E-state index contributed by atoms with van der Waals surface area (Å²) in [7, 11) is 0. The van der Waals surface area contributed by atoms with Crippen LogP contribution in [0.1, 0.15) is 25.7 Å². The van der Waals surface area contributed by atoms with Crippen molar-refractivity contribution in [3.63, 3.8) is 0 Å². The van der Waals surface area contributed by atoms with E-state index in [1.165, 1.54) is 36.3 Å². The fourth-order valence-electron chi connectivity index (χ4n) is 4.80. The van der Waals surface area contributed by atoms with Gasteiger partial charge in [0.05, 0.1) is 10.2 Å². The van der Waals surface area contributed by atoms with Gasteiger partial charge in [0.15, 0.2) is 11.2 Å². The largest absolute Gasteiger partial charge is 0.492 e. The number of piperidine rings is 1. The van der Waals surface area contributed by atoms with Gasteiger partial charge in [-0.15, -0.1) is 0 Å². The van der Waals surface area contributed by atoms with Crippen molar-refractivity contribution < 1.29 is 18.1 Å². The fraction of sp³-hybridized carbons (Fsp3) is 0.409. The van der Waals surface area contributed by atoms with Crippen LogP contribution in [0.2, 0.25) is 0 Å². The Labute approximate surface area is 192 Å². The van der Waals surface area contributed by atoms with Gasteiger partial charge in [-0.05, 0) is 62.1 Å². The first kappa shape index (κ1) is 21.7. The highest BCUT2D eigenvalue weighted by Crippen LogP contribution is 2.36. The third-order valence-corrected chi connectivity index (χ3v) is 7.62. The van der Waals surface area contributed by atoms with Crippen molar-refractivity contribution in [3.8, 4) is 16.7 Å². The quantitative estimate of drug-likeness (QED) is 0.517. The number of ether oxygens (including phenoxy) is 2. The lowest BCUT2D eigenvalue weighted by molar-refractivity contribution is 0.103. The molecule has 10 heteroatoms. The number of thiazole rings is 1. The monoisotopic (exact) mass is 476 g/mol. The number of halogens is 1. The first-order chi connectivity index (χ1) is 15.5. The third-order valence-electron chi connectivity index (χ3n) is 6.14. The molecule has 4 atom stereocenters. The van der Waals surface area contributed by atoms with Gasteiger partial charge in [0, 0.05) is 30.7 Å². The molecule has 3 N–H and O–H groups in total. The molecule has 7 nitrogen and oxygen atoms in total. The van der Waals surface area contributed by atoms with Crippen LogP contribution in [0.4, 0.5) is 4.39 Å². The highest BCUT2D eigenvalue weighted by atomic mass is 32.2. The molecular weight excluding hydrogens is 451 g/mol. The lowest BCUT2D eigenvalue weighted by Gasteiger charge is -2.38. The molecule has 3 heterocycles. The summed E-state index contributed by atoms with van der Waals surface area (Å²) < 4.78 is 40.2. The summed E-state index contributed by atoms with van der Waals surface area (Å²) in [4.78, 5) is 6.84. The Morgan fingerprint density at radius 3 is 2.59 bits per heavy atom. The van der Waals surface area contributed by atoms with Crippen molar-refractivity contribution in [2.24, 2.45) is 5.14 Å². The number of aromatic nitrogens is 1. The standard InChI is InChI=1S/C22H25FN4O3S2/c23-14-1-8-21-20(11-14)25-22(31-21)30-19-6-4-18(5-7-19)29-10-9-27-16-2-3-17(27)13-15(12-16)26-32(24)28/h1,4-8,11,15-17,26H,2-3,9-10,12-13,24H2/t15?,16-,17+,32?. The van der Waals surface area contributed by atoms with Gasteiger partial charge in [0.25, 0.3) is 5.19 Å². The SMILES string of the molecule is NS(=O)NC1C[C@H]2CC[C@@H](C1)N2CCOc1ccc(Oc2nc3cc(F)ccc3s2)cc1. The minimum atomic E-state index is -1.45. The topological polar surface area (TPSA) is 89.7 Å². The van der Waals surface area contributed by atoms with Crippen LogP contribution in [0.25, 0.3) is 10.2 Å². The normalized spacial score (nSPS) is 24.0. The van der Waals surface area contributed by atoms with E-state index in [0.29, 0.717) is 35.2 Å². The molecule has 32 heavy (non-hydrogen) atoms. The summed E-state index contributed by atoms with van der Waals surface area (Å²) in [6.07, 6.45) is 4.29. The predicted molar refractivity (Wildman–Crippen MR) is 124 cm³/mol. The van der Waals surface area contributed by atoms with Crippen LogP contribution in [0.3, 0.4) is 0 Å². The molecule has 2 aliphatic heterocycles. The van der Waals surface area contributed by atoms with E-state index in [1.54, 1.807) is 6.07 Å². The van der Waals surface area contributed by atoms with Gasteiger partial charge >= 0.3 is 0 Å². The minimum Gasteiger partial charge on any atom is -0.492 e. The maximum Gasteiger partial charge on any atom is 0.279 e. The molecule has 1 aromatic heterocycles. The Hall–Kier alpha value is -2.11. The van der Waals surface area contributed by atoms with Gasteiger partial charge in [-0.25, -0.2) is 23.4 Å². The molecule has 2 aromatic carbocycles. The van der Waals surface area contributed by atoms with Crippen LogP contribution in [-0.2, 0) is 11.2 Å². The lowest BCUT2D eigenvalue weighted by atomic mass is 9.98. The summed E-state index contributed by atoms with van der Waals surface area (Å²) >= 11 is -0.0700. The predicted octanol–water partition coefficient (Wildman–Crippen LogP) is 3.73. The van der Waals surface area contributed by atoms with Crippen LogP contribution in [0.5, 0.6) is 16.7 Å². The zero-order chi connectivity index (χ0) is 22.1. The van der Waals surface area contributed by atoms with E-state index in [1.807, 2.05) is 24.3 Å². The Balaban J connectivity index is 1.12.